The molecule has 0 spiro atoms. The van der Waals surface area contributed by atoms with Crippen LogP contribution in [0.2, 0.25) is 0 Å². The SMILES string of the molecule is COc1c(Br)cc(Br)c2c1CCCN2. The smallest absolute Gasteiger partial charge is 0.138 e. The van der Waals surface area contributed by atoms with Gasteiger partial charge in [-0.3, -0.25) is 0 Å². The number of anilines is 1. The Morgan fingerprint density at radius 2 is 2.14 bits per heavy atom. The van der Waals surface area contributed by atoms with E-state index in [9.17, 15) is 0 Å². The molecule has 2 nitrogen and oxygen atoms in total. The number of methoxy groups -OCH3 is 1. The van der Waals surface area contributed by atoms with Gasteiger partial charge in [0.2, 0.25) is 0 Å². The third kappa shape index (κ3) is 1.65. The molecule has 1 aliphatic heterocycles. The Hall–Kier alpha value is -0.220. The Morgan fingerprint density at radius 1 is 1.36 bits per heavy atom. The molecule has 0 amide bonds. The van der Waals surface area contributed by atoms with Crippen molar-refractivity contribution < 1.29 is 4.74 Å². The minimum Gasteiger partial charge on any atom is -0.495 e. The molecule has 76 valence electrons. The number of fused-ring (bicyclic) bond motifs is 1. The Bertz CT molecular complexity index is 345. The second kappa shape index (κ2) is 4.11. The summed E-state index contributed by atoms with van der Waals surface area (Å²) in [6.07, 6.45) is 2.23. The van der Waals surface area contributed by atoms with Gasteiger partial charge in [-0.2, -0.15) is 0 Å². The molecule has 1 aromatic rings. The van der Waals surface area contributed by atoms with Crippen molar-refractivity contribution in [1.29, 1.82) is 0 Å². The standard InChI is InChI=1S/C10H11Br2NO/c1-14-10-6-3-2-4-13-9(6)7(11)5-8(10)12/h5,13H,2-4H2,1H3. The largest absolute Gasteiger partial charge is 0.495 e. The summed E-state index contributed by atoms with van der Waals surface area (Å²) in [5, 5.41) is 3.39. The van der Waals surface area contributed by atoms with Gasteiger partial charge in [0.1, 0.15) is 5.75 Å². The molecule has 1 aromatic carbocycles. The van der Waals surface area contributed by atoms with E-state index in [0.29, 0.717) is 0 Å². The number of rotatable bonds is 1. The highest BCUT2D eigenvalue weighted by atomic mass is 79.9. The predicted octanol–water partition coefficient (Wildman–Crippen LogP) is 3.58. The van der Waals surface area contributed by atoms with Crippen LogP contribution < -0.4 is 10.1 Å². The zero-order chi connectivity index (χ0) is 10.1. The topological polar surface area (TPSA) is 21.3 Å². The second-order valence-corrected chi connectivity index (χ2v) is 4.97. The second-order valence-electron chi connectivity index (χ2n) is 3.26. The average molecular weight is 321 g/mol. The van der Waals surface area contributed by atoms with E-state index in [2.05, 4.69) is 37.2 Å². The highest BCUT2D eigenvalue weighted by molar-refractivity contribution is 9.11. The van der Waals surface area contributed by atoms with Crippen molar-refractivity contribution in [2.24, 2.45) is 0 Å². The van der Waals surface area contributed by atoms with Gasteiger partial charge in [-0.15, -0.1) is 0 Å². The van der Waals surface area contributed by atoms with E-state index in [0.717, 1.165) is 34.1 Å². The maximum absolute atomic E-state index is 5.39. The summed E-state index contributed by atoms with van der Waals surface area (Å²) in [6.45, 7) is 1.04. The first-order chi connectivity index (χ1) is 6.74. The lowest BCUT2D eigenvalue weighted by molar-refractivity contribution is 0.406. The van der Waals surface area contributed by atoms with Gasteiger partial charge in [0.15, 0.2) is 0 Å². The average Bonchev–Trinajstić information content (AvgIpc) is 2.18. The van der Waals surface area contributed by atoms with E-state index in [1.54, 1.807) is 7.11 Å². The van der Waals surface area contributed by atoms with Crippen LogP contribution >= 0.6 is 31.9 Å². The van der Waals surface area contributed by atoms with E-state index in [4.69, 9.17) is 4.74 Å². The fourth-order valence-electron chi connectivity index (χ4n) is 1.78. The Morgan fingerprint density at radius 3 is 2.86 bits per heavy atom. The zero-order valence-electron chi connectivity index (χ0n) is 7.86. The molecular formula is C10H11Br2NO. The van der Waals surface area contributed by atoms with Crippen molar-refractivity contribution in [1.82, 2.24) is 0 Å². The fourth-order valence-corrected chi connectivity index (χ4v) is 3.33. The van der Waals surface area contributed by atoms with Crippen molar-refractivity contribution in [2.75, 3.05) is 19.0 Å². The van der Waals surface area contributed by atoms with Crippen LogP contribution in [0.15, 0.2) is 15.0 Å². The third-order valence-electron chi connectivity index (χ3n) is 2.39. The highest BCUT2D eigenvalue weighted by Crippen LogP contribution is 2.41. The fraction of sp³-hybridized carbons (Fsp3) is 0.400. The molecule has 1 heterocycles. The molecule has 0 saturated heterocycles. The summed E-state index contributed by atoms with van der Waals surface area (Å²) in [4.78, 5) is 0. The summed E-state index contributed by atoms with van der Waals surface area (Å²) in [6, 6.07) is 2.02. The quantitative estimate of drug-likeness (QED) is 0.854. The van der Waals surface area contributed by atoms with Gasteiger partial charge in [0, 0.05) is 16.6 Å². The van der Waals surface area contributed by atoms with Crippen LogP contribution in [0.25, 0.3) is 0 Å². The zero-order valence-corrected chi connectivity index (χ0v) is 11.0. The summed E-state index contributed by atoms with van der Waals surface area (Å²) < 4.78 is 7.50. The first-order valence-electron chi connectivity index (χ1n) is 4.52. The van der Waals surface area contributed by atoms with Crippen molar-refractivity contribution in [3.05, 3.63) is 20.6 Å². The van der Waals surface area contributed by atoms with Crippen molar-refractivity contribution in [3.8, 4) is 5.75 Å². The minimum atomic E-state index is 0.954. The third-order valence-corrected chi connectivity index (χ3v) is 3.61. The van der Waals surface area contributed by atoms with E-state index >= 15 is 0 Å². The Balaban J connectivity index is 2.61. The molecule has 0 radical (unpaired) electrons. The Kier molecular flexibility index (Phi) is 3.02. The van der Waals surface area contributed by atoms with Crippen LogP contribution in [0, 0.1) is 0 Å². The minimum absolute atomic E-state index is 0.954. The molecule has 0 fully saturated rings. The van der Waals surface area contributed by atoms with Crippen LogP contribution in [0.3, 0.4) is 0 Å². The molecule has 0 aliphatic carbocycles. The van der Waals surface area contributed by atoms with E-state index in [1.165, 1.54) is 11.3 Å². The predicted molar refractivity (Wildman–Crippen MR) is 65.2 cm³/mol. The monoisotopic (exact) mass is 319 g/mol. The molecule has 4 heteroatoms. The van der Waals surface area contributed by atoms with Gasteiger partial charge in [-0.05, 0) is 50.8 Å². The molecule has 1 aliphatic rings. The maximum Gasteiger partial charge on any atom is 0.138 e. The van der Waals surface area contributed by atoms with Gasteiger partial charge in [0.25, 0.3) is 0 Å². The summed E-state index contributed by atoms with van der Waals surface area (Å²) in [5.74, 6) is 0.954. The first-order valence-corrected chi connectivity index (χ1v) is 6.11. The van der Waals surface area contributed by atoms with Gasteiger partial charge < -0.3 is 10.1 Å². The van der Waals surface area contributed by atoms with Crippen LogP contribution in [-0.4, -0.2) is 13.7 Å². The number of halogens is 2. The molecule has 0 saturated carbocycles. The first kappa shape index (κ1) is 10.3. The van der Waals surface area contributed by atoms with E-state index in [1.807, 2.05) is 6.07 Å². The number of hydrogen-bond acceptors (Lipinski definition) is 2. The maximum atomic E-state index is 5.39. The van der Waals surface area contributed by atoms with Gasteiger partial charge >= 0.3 is 0 Å². The molecular weight excluding hydrogens is 310 g/mol. The van der Waals surface area contributed by atoms with Gasteiger partial charge in [-0.1, -0.05) is 0 Å². The molecule has 0 aromatic heterocycles. The molecule has 0 atom stereocenters. The lowest BCUT2D eigenvalue weighted by Gasteiger charge is -2.22. The van der Waals surface area contributed by atoms with Crippen LogP contribution in [-0.2, 0) is 6.42 Å². The van der Waals surface area contributed by atoms with Crippen LogP contribution in [0.4, 0.5) is 5.69 Å². The highest BCUT2D eigenvalue weighted by Gasteiger charge is 2.18. The number of benzene rings is 1. The molecule has 14 heavy (non-hydrogen) atoms. The molecule has 0 unspecified atom stereocenters. The molecule has 2 rings (SSSR count). The van der Waals surface area contributed by atoms with Crippen molar-refractivity contribution in [2.45, 2.75) is 12.8 Å². The summed E-state index contributed by atoms with van der Waals surface area (Å²) >= 11 is 7.05. The normalized spacial score (nSPS) is 14.5. The van der Waals surface area contributed by atoms with Crippen LogP contribution in [0.1, 0.15) is 12.0 Å². The van der Waals surface area contributed by atoms with Gasteiger partial charge in [0.05, 0.1) is 17.3 Å². The van der Waals surface area contributed by atoms with Crippen molar-refractivity contribution in [3.63, 3.8) is 0 Å². The summed E-state index contributed by atoms with van der Waals surface area (Å²) in [7, 11) is 1.71. The number of hydrogen-bond donors (Lipinski definition) is 1. The molecule has 0 bridgehead atoms. The van der Waals surface area contributed by atoms with E-state index < -0.39 is 0 Å². The van der Waals surface area contributed by atoms with E-state index in [-0.39, 0.29) is 0 Å². The lowest BCUT2D eigenvalue weighted by atomic mass is 10.0. The van der Waals surface area contributed by atoms with Crippen LogP contribution in [0.5, 0.6) is 5.75 Å². The number of nitrogens with one attached hydrogen (secondary N) is 1. The molecule has 1 N–H and O–H groups in total. The van der Waals surface area contributed by atoms with Crippen molar-refractivity contribution >= 4 is 37.5 Å². The Labute approximate surface area is 100 Å². The summed E-state index contributed by atoms with van der Waals surface area (Å²) in [5.41, 5.74) is 2.44. The lowest BCUT2D eigenvalue weighted by Crippen LogP contribution is -2.13. The number of ether oxygens (including phenoxy) is 1. The van der Waals surface area contributed by atoms with Gasteiger partial charge in [-0.25, -0.2) is 0 Å².